The molecule has 0 radical (unpaired) electrons. The van der Waals surface area contributed by atoms with Crippen molar-refractivity contribution in [3.63, 3.8) is 0 Å². The maximum Gasteiger partial charge on any atom is 0.326 e. The lowest BCUT2D eigenvalue weighted by molar-refractivity contribution is -0.142. The van der Waals surface area contributed by atoms with E-state index in [1.165, 1.54) is 0 Å². The van der Waals surface area contributed by atoms with Gasteiger partial charge in [0.2, 0.25) is 11.8 Å². The minimum absolute atomic E-state index is 0.0242. The minimum Gasteiger partial charge on any atom is -0.480 e. The van der Waals surface area contributed by atoms with Crippen LogP contribution in [-0.4, -0.2) is 28.9 Å². The summed E-state index contributed by atoms with van der Waals surface area (Å²) in [6.07, 6.45) is 0.178. The highest BCUT2D eigenvalue weighted by atomic mass is 16.4. The molecular weight excluding hydrogens is 188 g/mol. The summed E-state index contributed by atoms with van der Waals surface area (Å²) in [5.41, 5.74) is 4.86. The molecule has 0 aliphatic heterocycles. The number of hydrogen-bond acceptors (Lipinski definition) is 3. The summed E-state index contributed by atoms with van der Waals surface area (Å²) in [6, 6.07) is -1.03. The van der Waals surface area contributed by atoms with Gasteiger partial charge in [-0.25, -0.2) is 4.79 Å². The smallest absolute Gasteiger partial charge is 0.326 e. The lowest BCUT2D eigenvalue weighted by atomic mass is 10.1. The maximum atomic E-state index is 10.9. The van der Waals surface area contributed by atoms with Crippen molar-refractivity contribution < 1.29 is 19.5 Å². The van der Waals surface area contributed by atoms with Gasteiger partial charge in [0, 0.05) is 12.8 Å². The molecule has 0 aromatic heterocycles. The van der Waals surface area contributed by atoms with Crippen LogP contribution in [0.1, 0.15) is 26.2 Å². The molecule has 6 heteroatoms. The van der Waals surface area contributed by atoms with Crippen molar-refractivity contribution in [2.45, 2.75) is 32.2 Å². The van der Waals surface area contributed by atoms with Crippen LogP contribution in [-0.2, 0) is 14.4 Å². The third-order valence-corrected chi connectivity index (χ3v) is 1.63. The number of carbonyl (C=O) groups is 3. The molecule has 0 bridgehead atoms. The molecule has 0 aliphatic carbocycles. The van der Waals surface area contributed by atoms with Crippen molar-refractivity contribution >= 4 is 17.8 Å². The van der Waals surface area contributed by atoms with Crippen molar-refractivity contribution in [3.05, 3.63) is 0 Å². The Hall–Kier alpha value is -1.59. The van der Waals surface area contributed by atoms with E-state index in [0.29, 0.717) is 0 Å². The Balaban J connectivity index is 4.09. The van der Waals surface area contributed by atoms with Crippen LogP contribution in [0.15, 0.2) is 0 Å². The summed E-state index contributed by atoms with van der Waals surface area (Å²) >= 11 is 0. The van der Waals surface area contributed by atoms with Crippen LogP contribution in [0.2, 0.25) is 0 Å². The van der Waals surface area contributed by atoms with Gasteiger partial charge in [-0.05, 0) is 6.42 Å². The fourth-order valence-electron chi connectivity index (χ4n) is 0.840. The Kier molecular flexibility index (Phi) is 5.28. The number of amides is 2. The van der Waals surface area contributed by atoms with Crippen molar-refractivity contribution in [1.29, 1.82) is 0 Å². The summed E-state index contributed by atoms with van der Waals surface area (Å²) in [5, 5.41) is 10.9. The first kappa shape index (κ1) is 12.4. The maximum absolute atomic E-state index is 10.9. The van der Waals surface area contributed by atoms with E-state index in [-0.39, 0.29) is 25.2 Å². The highest BCUT2D eigenvalue weighted by molar-refractivity contribution is 5.84. The Morgan fingerprint density at radius 1 is 1.43 bits per heavy atom. The van der Waals surface area contributed by atoms with Gasteiger partial charge in [-0.1, -0.05) is 6.92 Å². The van der Waals surface area contributed by atoms with E-state index in [0.717, 1.165) is 0 Å². The van der Waals surface area contributed by atoms with Crippen molar-refractivity contribution in [3.8, 4) is 0 Å². The molecule has 4 N–H and O–H groups in total. The van der Waals surface area contributed by atoms with E-state index < -0.39 is 17.9 Å². The highest BCUT2D eigenvalue weighted by Gasteiger charge is 2.19. The molecule has 1 unspecified atom stereocenters. The number of aliphatic carboxylic acids is 1. The van der Waals surface area contributed by atoms with Gasteiger partial charge in [-0.2, -0.15) is 0 Å². The fraction of sp³-hybridized carbons (Fsp3) is 0.625. The molecule has 80 valence electrons. The minimum atomic E-state index is -1.16. The lowest BCUT2D eigenvalue weighted by Gasteiger charge is -2.12. The van der Waals surface area contributed by atoms with E-state index in [1.54, 1.807) is 6.92 Å². The van der Waals surface area contributed by atoms with Crippen LogP contribution in [0.3, 0.4) is 0 Å². The van der Waals surface area contributed by atoms with Gasteiger partial charge in [-0.15, -0.1) is 0 Å². The highest BCUT2D eigenvalue weighted by Crippen LogP contribution is 1.97. The summed E-state index contributed by atoms with van der Waals surface area (Å²) in [6.45, 7) is 1.61. The Labute approximate surface area is 81.5 Å². The second-order valence-corrected chi connectivity index (χ2v) is 2.82. The van der Waals surface area contributed by atoms with Crippen molar-refractivity contribution in [1.82, 2.24) is 5.32 Å². The van der Waals surface area contributed by atoms with Crippen LogP contribution in [0.4, 0.5) is 0 Å². The van der Waals surface area contributed by atoms with E-state index in [9.17, 15) is 14.4 Å². The number of hydrogen-bond donors (Lipinski definition) is 3. The molecule has 0 fully saturated rings. The normalized spacial score (nSPS) is 11.8. The van der Waals surface area contributed by atoms with Gasteiger partial charge < -0.3 is 16.2 Å². The lowest BCUT2D eigenvalue weighted by Crippen LogP contribution is -2.41. The molecule has 1 atom stereocenters. The van der Waals surface area contributed by atoms with Crippen LogP contribution < -0.4 is 11.1 Å². The molecule has 14 heavy (non-hydrogen) atoms. The summed E-state index contributed by atoms with van der Waals surface area (Å²) in [7, 11) is 0. The molecule has 0 spiro atoms. The van der Waals surface area contributed by atoms with Gasteiger partial charge in [0.05, 0.1) is 0 Å². The zero-order valence-corrected chi connectivity index (χ0v) is 7.95. The zero-order chi connectivity index (χ0) is 11.1. The number of carbonyl (C=O) groups excluding carboxylic acids is 2. The van der Waals surface area contributed by atoms with E-state index in [1.807, 2.05) is 0 Å². The van der Waals surface area contributed by atoms with Gasteiger partial charge in [0.25, 0.3) is 0 Å². The Bertz CT molecular complexity index is 239. The van der Waals surface area contributed by atoms with Gasteiger partial charge in [0.15, 0.2) is 0 Å². The monoisotopic (exact) mass is 202 g/mol. The number of carboxylic acid groups (broad SMARTS) is 1. The van der Waals surface area contributed by atoms with Crippen LogP contribution >= 0.6 is 0 Å². The third-order valence-electron chi connectivity index (χ3n) is 1.63. The molecule has 6 nitrogen and oxygen atoms in total. The molecule has 0 aliphatic rings. The summed E-state index contributed by atoms with van der Waals surface area (Å²) < 4.78 is 0. The summed E-state index contributed by atoms with van der Waals surface area (Å²) in [5.74, 6) is -2.10. The Morgan fingerprint density at radius 3 is 2.36 bits per heavy atom. The van der Waals surface area contributed by atoms with E-state index in [2.05, 4.69) is 5.32 Å². The van der Waals surface area contributed by atoms with Gasteiger partial charge in [0.1, 0.15) is 6.04 Å². The Morgan fingerprint density at radius 2 is 2.00 bits per heavy atom. The first-order chi connectivity index (χ1) is 6.47. The van der Waals surface area contributed by atoms with Crippen LogP contribution in [0, 0.1) is 0 Å². The number of nitrogens with two attached hydrogens (primary N) is 1. The molecule has 0 aromatic carbocycles. The van der Waals surface area contributed by atoms with Crippen molar-refractivity contribution in [2.75, 3.05) is 0 Å². The summed E-state index contributed by atoms with van der Waals surface area (Å²) in [4.78, 5) is 31.9. The largest absolute Gasteiger partial charge is 0.480 e. The van der Waals surface area contributed by atoms with E-state index >= 15 is 0 Å². The number of carboxylic acids is 1. The van der Waals surface area contributed by atoms with Gasteiger partial charge in [-0.3, -0.25) is 9.59 Å². The average Bonchev–Trinajstić information content (AvgIpc) is 2.10. The number of nitrogens with one attached hydrogen (secondary N) is 1. The third kappa shape index (κ3) is 5.13. The predicted molar refractivity (Wildman–Crippen MR) is 48.3 cm³/mol. The zero-order valence-electron chi connectivity index (χ0n) is 7.95. The number of primary amides is 1. The second-order valence-electron chi connectivity index (χ2n) is 2.82. The molecule has 0 heterocycles. The molecular formula is C8H14N2O4. The van der Waals surface area contributed by atoms with E-state index in [4.69, 9.17) is 10.8 Å². The predicted octanol–water partition coefficient (Wildman–Crippen LogP) is -0.769. The molecule has 0 aromatic rings. The molecule has 0 saturated heterocycles. The SMILES string of the molecule is CCC(=O)NC(CCC(N)=O)C(=O)O. The van der Waals surface area contributed by atoms with Gasteiger partial charge >= 0.3 is 5.97 Å². The van der Waals surface area contributed by atoms with Crippen LogP contribution in [0.25, 0.3) is 0 Å². The van der Waals surface area contributed by atoms with Crippen molar-refractivity contribution in [2.24, 2.45) is 5.73 Å². The first-order valence-electron chi connectivity index (χ1n) is 4.27. The average molecular weight is 202 g/mol. The fourth-order valence-corrected chi connectivity index (χ4v) is 0.840. The topological polar surface area (TPSA) is 109 Å². The number of rotatable bonds is 6. The van der Waals surface area contributed by atoms with Crippen LogP contribution in [0.5, 0.6) is 0 Å². The first-order valence-corrected chi connectivity index (χ1v) is 4.27. The quantitative estimate of drug-likeness (QED) is 0.525. The molecule has 2 amide bonds. The molecule has 0 rings (SSSR count). The standard InChI is InChI=1S/C8H14N2O4/c1-2-7(12)10-5(8(13)14)3-4-6(9)11/h5H,2-4H2,1H3,(H2,9,11)(H,10,12)(H,13,14). The molecule has 0 saturated carbocycles. The second kappa shape index (κ2) is 5.95.